The Balaban J connectivity index is 3.05. The standard InChI is InChI=1S/C13H16BrNO6/c1-20-10-4-9(14)11(21-2)3-8(10)5-15(6-12(16)17)7-13(18)19/h3-4H,5-7H2,1-2H3,(H,16,17)(H,18,19). The summed E-state index contributed by atoms with van der Waals surface area (Å²) in [7, 11) is 2.99. The van der Waals surface area contributed by atoms with Gasteiger partial charge in [0.25, 0.3) is 0 Å². The molecular weight excluding hydrogens is 346 g/mol. The van der Waals surface area contributed by atoms with Gasteiger partial charge in [-0.05, 0) is 28.1 Å². The van der Waals surface area contributed by atoms with Crippen LogP contribution in [0.5, 0.6) is 11.5 Å². The monoisotopic (exact) mass is 361 g/mol. The van der Waals surface area contributed by atoms with Crippen LogP contribution >= 0.6 is 15.9 Å². The summed E-state index contributed by atoms with van der Waals surface area (Å²) in [4.78, 5) is 22.9. The van der Waals surface area contributed by atoms with Gasteiger partial charge >= 0.3 is 11.9 Å². The Labute approximate surface area is 130 Å². The molecule has 0 unspecified atom stereocenters. The molecular formula is C13H16BrNO6. The van der Waals surface area contributed by atoms with E-state index >= 15 is 0 Å². The van der Waals surface area contributed by atoms with Gasteiger partial charge in [0, 0.05) is 12.1 Å². The normalized spacial score (nSPS) is 10.5. The SMILES string of the molecule is COc1cc(CN(CC(=O)O)CC(=O)O)c(OC)cc1Br. The first-order valence-electron chi connectivity index (χ1n) is 5.93. The highest BCUT2D eigenvalue weighted by Gasteiger charge is 2.17. The third-order valence-electron chi connectivity index (χ3n) is 2.67. The quantitative estimate of drug-likeness (QED) is 0.722. The number of nitrogens with zero attached hydrogens (tertiary/aromatic N) is 1. The Morgan fingerprint density at radius 3 is 2.05 bits per heavy atom. The van der Waals surface area contributed by atoms with Crippen molar-refractivity contribution < 1.29 is 29.3 Å². The van der Waals surface area contributed by atoms with Crippen molar-refractivity contribution in [2.45, 2.75) is 6.54 Å². The zero-order valence-electron chi connectivity index (χ0n) is 11.6. The summed E-state index contributed by atoms with van der Waals surface area (Å²) in [6.45, 7) is -0.646. The van der Waals surface area contributed by atoms with Crippen LogP contribution in [0.2, 0.25) is 0 Å². The fraction of sp³-hybridized carbons (Fsp3) is 0.385. The predicted octanol–water partition coefficient (Wildman–Crippen LogP) is 1.44. The van der Waals surface area contributed by atoms with E-state index in [1.165, 1.54) is 19.1 Å². The van der Waals surface area contributed by atoms with Gasteiger partial charge in [0.2, 0.25) is 0 Å². The first-order valence-corrected chi connectivity index (χ1v) is 6.73. The molecule has 1 aromatic rings. The van der Waals surface area contributed by atoms with Gasteiger partial charge < -0.3 is 19.7 Å². The topological polar surface area (TPSA) is 96.3 Å². The number of carboxylic acid groups (broad SMARTS) is 2. The van der Waals surface area contributed by atoms with Crippen LogP contribution in [0.15, 0.2) is 16.6 Å². The van der Waals surface area contributed by atoms with Crippen molar-refractivity contribution in [2.75, 3.05) is 27.3 Å². The second-order valence-corrected chi connectivity index (χ2v) is 5.09. The summed E-state index contributed by atoms with van der Waals surface area (Å²) >= 11 is 3.32. The third kappa shape index (κ3) is 5.24. The molecule has 0 saturated carbocycles. The molecule has 1 rings (SSSR count). The van der Waals surface area contributed by atoms with Crippen LogP contribution in [-0.4, -0.2) is 54.4 Å². The Kier molecular flexibility index (Phi) is 6.44. The first kappa shape index (κ1) is 17.3. The van der Waals surface area contributed by atoms with E-state index in [9.17, 15) is 9.59 Å². The number of aliphatic carboxylic acids is 2. The maximum absolute atomic E-state index is 10.8. The average Bonchev–Trinajstić information content (AvgIpc) is 2.38. The summed E-state index contributed by atoms with van der Waals surface area (Å²) in [5.41, 5.74) is 0.639. The van der Waals surface area contributed by atoms with Crippen molar-refractivity contribution >= 4 is 27.9 Å². The van der Waals surface area contributed by atoms with Crippen molar-refractivity contribution in [1.82, 2.24) is 4.90 Å². The molecule has 0 atom stereocenters. The number of methoxy groups -OCH3 is 2. The second-order valence-electron chi connectivity index (χ2n) is 4.23. The summed E-state index contributed by atoms with van der Waals surface area (Å²) in [5, 5.41) is 17.7. The van der Waals surface area contributed by atoms with Gasteiger partial charge in [0.15, 0.2) is 0 Å². The van der Waals surface area contributed by atoms with Crippen LogP contribution < -0.4 is 9.47 Å². The summed E-state index contributed by atoms with van der Waals surface area (Å²) in [6.07, 6.45) is 0. The maximum atomic E-state index is 10.8. The largest absolute Gasteiger partial charge is 0.496 e. The Hall–Kier alpha value is -1.80. The number of hydrogen-bond donors (Lipinski definition) is 2. The van der Waals surface area contributed by atoms with Crippen LogP contribution in [-0.2, 0) is 16.1 Å². The van der Waals surface area contributed by atoms with E-state index in [2.05, 4.69) is 15.9 Å². The Bertz CT molecular complexity index is 518. The lowest BCUT2D eigenvalue weighted by molar-refractivity contribution is -0.142. The molecule has 0 bridgehead atoms. The van der Waals surface area contributed by atoms with E-state index in [4.69, 9.17) is 19.7 Å². The molecule has 0 aliphatic rings. The highest BCUT2D eigenvalue weighted by Crippen LogP contribution is 2.33. The number of carbonyl (C=O) groups is 2. The minimum atomic E-state index is -1.10. The first-order chi connectivity index (χ1) is 9.87. The zero-order chi connectivity index (χ0) is 16.0. The van der Waals surface area contributed by atoms with E-state index in [1.807, 2.05) is 0 Å². The van der Waals surface area contributed by atoms with Gasteiger partial charge in [0.1, 0.15) is 11.5 Å². The Morgan fingerprint density at radius 1 is 1.10 bits per heavy atom. The molecule has 1 aromatic carbocycles. The van der Waals surface area contributed by atoms with Crippen molar-refractivity contribution in [3.8, 4) is 11.5 Å². The Morgan fingerprint density at radius 2 is 1.62 bits per heavy atom. The zero-order valence-corrected chi connectivity index (χ0v) is 13.2. The van der Waals surface area contributed by atoms with E-state index in [1.54, 1.807) is 12.1 Å². The number of rotatable bonds is 8. The molecule has 21 heavy (non-hydrogen) atoms. The molecule has 7 nitrogen and oxygen atoms in total. The molecule has 0 radical (unpaired) electrons. The minimum absolute atomic E-state index is 0.116. The molecule has 0 heterocycles. The maximum Gasteiger partial charge on any atom is 0.317 e. The van der Waals surface area contributed by atoms with Crippen LogP contribution in [0.3, 0.4) is 0 Å². The molecule has 0 saturated heterocycles. The van der Waals surface area contributed by atoms with Crippen molar-refractivity contribution in [2.24, 2.45) is 0 Å². The fourth-order valence-electron chi connectivity index (χ4n) is 1.84. The van der Waals surface area contributed by atoms with E-state index in [0.29, 0.717) is 21.5 Å². The summed E-state index contributed by atoms with van der Waals surface area (Å²) in [6, 6.07) is 3.37. The number of halogens is 1. The number of benzene rings is 1. The van der Waals surface area contributed by atoms with Crippen molar-refractivity contribution in [3.05, 3.63) is 22.2 Å². The van der Waals surface area contributed by atoms with Gasteiger partial charge in [-0.3, -0.25) is 14.5 Å². The van der Waals surface area contributed by atoms with E-state index in [0.717, 1.165) is 0 Å². The second kappa shape index (κ2) is 7.84. The van der Waals surface area contributed by atoms with Gasteiger partial charge in [0.05, 0.1) is 31.8 Å². The van der Waals surface area contributed by atoms with Gasteiger partial charge in [-0.1, -0.05) is 0 Å². The summed E-state index contributed by atoms with van der Waals surface area (Å²) < 4.78 is 11.1. The van der Waals surface area contributed by atoms with E-state index < -0.39 is 11.9 Å². The van der Waals surface area contributed by atoms with Crippen LogP contribution in [0, 0.1) is 0 Å². The molecule has 0 aliphatic heterocycles. The van der Waals surface area contributed by atoms with Crippen molar-refractivity contribution in [3.63, 3.8) is 0 Å². The van der Waals surface area contributed by atoms with Crippen molar-refractivity contribution in [1.29, 1.82) is 0 Å². The third-order valence-corrected chi connectivity index (χ3v) is 3.29. The molecule has 0 fully saturated rings. The average molecular weight is 362 g/mol. The minimum Gasteiger partial charge on any atom is -0.496 e. The van der Waals surface area contributed by atoms with Gasteiger partial charge in [-0.25, -0.2) is 0 Å². The molecule has 0 spiro atoms. The molecule has 8 heteroatoms. The smallest absolute Gasteiger partial charge is 0.317 e. The highest BCUT2D eigenvalue weighted by molar-refractivity contribution is 9.10. The molecule has 116 valence electrons. The fourth-order valence-corrected chi connectivity index (χ4v) is 2.32. The lowest BCUT2D eigenvalue weighted by Crippen LogP contribution is -2.34. The van der Waals surface area contributed by atoms with E-state index in [-0.39, 0.29) is 19.6 Å². The summed E-state index contributed by atoms with van der Waals surface area (Å²) in [5.74, 6) is -1.13. The number of ether oxygens (including phenoxy) is 2. The predicted molar refractivity (Wildman–Crippen MR) is 77.8 cm³/mol. The lowest BCUT2D eigenvalue weighted by Gasteiger charge is -2.20. The van der Waals surface area contributed by atoms with Gasteiger partial charge in [-0.2, -0.15) is 0 Å². The van der Waals surface area contributed by atoms with Crippen LogP contribution in [0.1, 0.15) is 5.56 Å². The number of carboxylic acids is 2. The van der Waals surface area contributed by atoms with Crippen LogP contribution in [0.25, 0.3) is 0 Å². The molecule has 0 amide bonds. The highest BCUT2D eigenvalue weighted by atomic mass is 79.9. The number of hydrogen-bond acceptors (Lipinski definition) is 5. The van der Waals surface area contributed by atoms with Crippen LogP contribution in [0.4, 0.5) is 0 Å². The molecule has 0 aliphatic carbocycles. The molecule has 2 N–H and O–H groups in total. The van der Waals surface area contributed by atoms with Gasteiger partial charge in [-0.15, -0.1) is 0 Å². The lowest BCUT2D eigenvalue weighted by atomic mass is 10.1. The molecule has 0 aromatic heterocycles.